The molecule has 1 unspecified atom stereocenters. The Morgan fingerprint density at radius 3 is 2.64 bits per heavy atom. The molecule has 0 aromatic heterocycles. The molecule has 1 N–H and O–H groups in total. The lowest BCUT2D eigenvalue weighted by atomic mass is 9.93. The summed E-state index contributed by atoms with van der Waals surface area (Å²) in [5.41, 5.74) is 1.36. The molecule has 0 bridgehead atoms. The SMILES string of the molecule is OC1=CCC(Cc2ccccc2)C=C1. The van der Waals surface area contributed by atoms with Gasteiger partial charge in [0, 0.05) is 0 Å². The van der Waals surface area contributed by atoms with Gasteiger partial charge in [0.25, 0.3) is 0 Å². The summed E-state index contributed by atoms with van der Waals surface area (Å²) in [7, 11) is 0. The molecule has 0 aliphatic heterocycles. The molecular weight excluding hydrogens is 172 g/mol. The second-order valence-corrected chi connectivity index (χ2v) is 3.67. The molecule has 2 rings (SSSR count). The van der Waals surface area contributed by atoms with Crippen molar-refractivity contribution >= 4 is 0 Å². The molecule has 1 heteroatoms. The normalized spacial score (nSPS) is 20.6. The van der Waals surface area contributed by atoms with Crippen LogP contribution >= 0.6 is 0 Å². The predicted octanol–water partition coefficient (Wildman–Crippen LogP) is 3.25. The second-order valence-electron chi connectivity index (χ2n) is 3.67. The first-order chi connectivity index (χ1) is 6.84. The van der Waals surface area contributed by atoms with Gasteiger partial charge in [-0.15, -0.1) is 0 Å². The monoisotopic (exact) mass is 186 g/mol. The number of aliphatic hydroxyl groups is 1. The van der Waals surface area contributed by atoms with E-state index in [0.717, 1.165) is 12.8 Å². The zero-order valence-electron chi connectivity index (χ0n) is 8.06. The van der Waals surface area contributed by atoms with Crippen LogP contribution in [0.1, 0.15) is 12.0 Å². The zero-order valence-corrected chi connectivity index (χ0v) is 8.06. The minimum absolute atomic E-state index is 0.398. The van der Waals surface area contributed by atoms with Crippen molar-refractivity contribution in [1.82, 2.24) is 0 Å². The Bertz CT molecular complexity index is 349. The minimum Gasteiger partial charge on any atom is -0.508 e. The van der Waals surface area contributed by atoms with Gasteiger partial charge in [0.1, 0.15) is 5.76 Å². The third kappa shape index (κ3) is 2.25. The van der Waals surface area contributed by atoms with Crippen LogP contribution in [0.2, 0.25) is 0 Å². The highest BCUT2D eigenvalue weighted by molar-refractivity contribution is 5.21. The second kappa shape index (κ2) is 4.14. The largest absolute Gasteiger partial charge is 0.508 e. The molecule has 0 fully saturated rings. The molecule has 1 atom stereocenters. The highest BCUT2D eigenvalue weighted by atomic mass is 16.3. The summed E-state index contributed by atoms with van der Waals surface area (Å²) < 4.78 is 0. The van der Waals surface area contributed by atoms with Crippen molar-refractivity contribution in [3.8, 4) is 0 Å². The van der Waals surface area contributed by atoms with E-state index in [1.807, 2.05) is 12.1 Å². The number of allylic oxidation sites excluding steroid dienone is 3. The van der Waals surface area contributed by atoms with Crippen LogP contribution < -0.4 is 0 Å². The van der Waals surface area contributed by atoms with Crippen LogP contribution in [0.4, 0.5) is 0 Å². The molecule has 72 valence electrons. The lowest BCUT2D eigenvalue weighted by molar-refractivity contribution is 0.420. The van der Waals surface area contributed by atoms with Gasteiger partial charge in [0.05, 0.1) is 0 Å². The molecule has 0 heterocycles. The Labute approximate surface area is 84.4 Å². The van der Waals surface area contributed by atoms with Gasteiger partial charge in [-0.05, 0) is 36.5 Å². The van der Waals surface area contributed by atoms with Crippen LogP contribution in [0.3, 0.4) is 0 Å². The van der Waals surface area contributed by atoms with E-state index in [2.05, 4.69) is 30.3 Å². The fourth-order valence-electron chi connectivity index (χ4n) is 1.72. The van der Waals surface area contributed by atoms with E-state index in [9.17, 15) is 0 Å². The predicted molar refractivity (Wildman–Crippen MR) is 58.1 cm³/mol. The minimum atomic E-state index is 0.398. The first kappa shape index (κ1) is 9.07. The maximum Gasteiger partial charge on any atom is 0.111 e. The molecule has 0 spiro atoms. The first-order valence-corrected chi connectivity index (χ1v) is 4.96. The van der Waals surface area contributed by atoms with Crippen molar-refractivity contribution in [3.05, 3.63) is 59.9 Å². The van der Waals surface area contributed by atoms with E-state index in [4.69, 9.17) is 5.11 Å². The van der Waals surface area contributed by atoms with Gasteiger partial charge in [-0.25, -0.2) is 0 Å². The van der Waals surface area contributed by atoms with Crippen molar-refractivity contribution in [3.63, 3.8) is 0 Å². The summed E-state index contributed by atoms with van der Waals surface area (Å²) in [6, 6.07) is 10.5. The molecule has 1 aliphatic rings. The Morgan fingerprint density at radius 1 is 1.21 bits per heavy atom. The van der Waals surface area contributed by atoms with Crippen molar-refractivity contribution in [2.24, 2.45) is 5.92 Å². The maximum atomic E-state index is 9.17. The molecular formula is C13H14O. The summed E-state index contributed by atoms with van der Waals surface area (Å²) in [6.45, 7) is 0. The maximum absolute atomic E-state index is 9.17. The van der Waals surface area contributed by atoms with E-state index in [1.54, 1.807) is 6.08 Å². The van der Waals surface area contributed by atoms with Gasteiger partial charge >= 0.3 is 0 Å². The summed E-state index contributed by atoms with van der Waals surface area (Å²) >= 11 is 0. The van der Waals surface area contributed by atoms with E-state index >= 15 is 0 Å². The topological polar surface area (TPSA) is 20.2 Å². The lowest BCUT2D eigenvalue weighted by Crippen LogP contribution is -2.03. The van der Waals surface area contributed by atoms with Gasteiger partial charge in [-0.1, -0.05) is 36.4 Å². The van der Waals surface area contributed by atoms with Crippen LogP contribution in [0, 0.1) is 5.92 Å². The number of hydrogen-bond acceptors (Lipinski definition) is 1. The lowest BCUT2D eigenvalue weighted by Gasteiger charge is -2.13. The van der Waals surface area contributed by atoms with Crippen LogP contribution in [-0.4, -0.2) is 5.11 Å². The standard InChI is InChI=1S/C13H14O/c14-13-8-6-12(7-9-13)10-11-4-2-1-3-5-11/h1-6,8-9,12,14H,7,10H2. The molecule has 1 aromatic rings. The molecule has 0 radical (unpaired) electrons. The quantitative estimate of drug-likeness (QED) is 0.751. The van der Waals surface area contributed by atoms with Crippen LogP contribution in [0.15, 0.2) is 54.3 Å². The molecule has 1 aliphatic carbocycles. The van der Waals surface area contributed by atoms with Crippen molar-refractivity contribution in [1.29, 1.82) is 0 Å². The number of aliphatic hydroxyl groups excluding tert-OH is 1. The average Bonchev–Trinajstić information content (AvgIpc) is 2.23. The van der Waals surface area contributed by atoms with Gasteiger partial charge in [-0.2, -0.15) is 0 Å². The van der Waals surface area contributed by atoms with Gasteiger partial charge in [-0.3, -0.25) is 0 Å². The third-order valence-electron chi connectivity index (χ3n) is 2.51. The van der Waals surface area contributed by atoms with Crippen LogP contribution in [0.25, 0.3) is 0 Å². The Morgan fingerprint density at radius 2 is 2.00 bits per heavy atom. The van der Waals surface area contributed by atoms with Gasteiger partial charge in [0.2, 0.25) is 0 Å². The highest BCUT2D eigenvalue weighted by Gasteiger charge is 2.08. The van der Waals surface area contributed by atoms with Crippen LogP contribution in [0.5, 0.6) is 0 Å². The Balaban J connectivity index is 1.98. The fourth-order valence-corrected chi connectivity index (χ4v) is 1.72. The van der Waals surface area contributed by atoms with E-state index < -0.39 is 0 Å². The Kier molecular flexibility index (Phi) is 2.68. The molecule has 14 heavy (non-hydrogen) atoms. The summed E-state index contributed by atoms with van der Waals surface area (Å²) in [6.07, 6.45) is 7.76. The highest BCUT2D eigenvalue weighted by Crippen LogP contribution is 2.19. The van der Waals surface area contributed by atoms with E-state index in [0.29, 0.717) is 11.7 Å². The third-order valence-corrected chi connectivity index (χ3v) is 2.51. The molecule has 1 nitrogen and oxygen atoms in total. The van der Waals surface area contributed by atoms with Crippen LogP contribution in [-0.2, 0) is 6.42 Å². The number of rotatable bonds is 2. The summed E-state index contributed by atoms with van der Waals surface area (Å²) in [4.78, 5) is 0. The Hall–Kier alpha value is -1.50. The first-order valence-electron chi connectivity index (χ1n) is 4.96. The summed E-state index contributed by atoms with van der Waals surface area (Å²) in [5.74, 6) is 0.933. The number of benzene rings is 1. The van der Waals surface area contributed by atoms with E-state index in [-0.39, 0.29) is 0 Å². The smallest absolute Gasteiger partial charge is 0.111 e. The number of hydrogen-bond donors (Lipinski definition) is 1. The average molecular weight is 186 g/mol. The van der Waals surface area contributed by atoms with Gasteiger partial charge < -0.3 is 5.11 Å². The molecule has 0 amide bonds. The van der Waals surface area contributed by atoms with E-state index in [1.165, 1.54) is 5.56 Å². The summed E-state index contributed by atoms with van der Waals surface area (Å²) in [5, 5.41) is 9.17. The van der Waals surface area contributed by atoms with Crippen molar-refractivity contribution < 1.29 is 5.11 Å². The molecule has 1 aromatic carbocycles. The molecule has 0 saturated carbocycles. The zero-order chi connectivity index (χ0) is 9.80. The van der Waals surface area contributed by atoms with Crippen molar-refractivity contribution in [2.45, 2.75) is 12.8 Å². The van der Waals surface area contributed by atoms with Gasteiger partial charge in [0.15, 0.2) is 0 Å². The fraction of sp³-hybridized carbons (Fsp3) is 0.231. The molecule has 0 saturated heterocycles. The van der Waals surface area contributed by atoms with Crippen molar-refractivity contribution in [2.75, 3.05) is 0 Å².